The zero-order chi connectivity index (χ0) is 28.3. The Labute approximate surface area is 246 Å². The number of halogens is 4. The fourth-order valence-corrected chi connectivity index (χ4v) is 6.28. The highest BCUT2D eigenvalue weighted by molar-refractivity contribution is 7.92. The molecule has 1 N–H and O–H groups in total. The van der Waals surface area contributed by atoms with Crippen LogP contribution in [0.4, 0.5) is 5.69 Å². The highest BCUT2D eigenvalue weighted by Crippen LogP contribution is 2.35. The predicted molar refractivity (Wildman–Crippen MR) is 158 cm³/mol. The molecule has 0 aliphatic carbocycles. The average Bonchev–Trinajstić information content (AvgIpc) is 3.19. The van der Waals surface area contributed by atoms with Gasteiger partial charge in [-0.05, 0) is 56.3 Å². The number of hydrogen-bond acceptors (Lipinski definition) is 4. The standard InChI is InChI=1S/C27H22Cl4N4O3S/c1-17-14-19(18(2)35(17)24-13-7-11-22(29)27(24)31)15-32-33-25(36)16-34(23-12-6-10-21(28)26(23)30)39(37,38)20-8-4-3-5-9-20/h3-15H,16H2,1-2H3,(H,33,36)/b32-15-. The van der Waals surface area contributed by atoms with Crippen LogP contribution in [0.1, 0.15) is 17.0 Å². The third-order valence-electron chi connectivity index (χ3n) is 5.85. The van der Waals surface area contributed by atoms with Crippen LogP contribution in [0.25, 0.3) is 5.69 Å². The molecule has 1 aromatic heterocycles. The van der Waals surface area contributed by atoms with Gasteiger partial charge in [0.2, 0.25) is 0 Å². The van der Waals surface area contributed by atoms with Crippen LogP contribution in [0.3, 0.4) is 0 Å². The number of sulfonamides is 1. The van der Waals surface area contributed by atoms with Crippen LogP contribution in [-0.2, 0) is 14.8 Å². The Morgan fingerprint density at radius 3 is 2.26 bits per heavy atom. The second kappa shape index (κ2) is 12.0. The third-order valence-corrected chi connectivity index (χ3v) is 9.25. The quantitative estimate of drug-likeness (QED) is 0.169. The average molecular weight is 624 g/mol. The van der Waals surface area contributed by atoms with Gasteiger partial charge in [-0.25, -0.2) is 13.8 Å². The van der Waals surface area contributed by atoms with Crippen molar-refractivity contribution in [1.82, 2.24) is 9.99 Å². The number of hydrogen-bond donors (Lipinski definition) is 1. The number of anilines is 1. The lowest BCUT2D eigenvalue weighted by Gasteiger charge is -2.24. The van der Waals surface area contributed by atoms with Crippen molar-refractivity contribution < 1.29 is 13.2 Å². The minimum absolute atomic E-state index is 0.00194. The lowest BCUT2D eigenvalue weighted by atomic mass is 10.2. The number of nitrogens with zero attached hydrogens (tertiary/aromatic N) is 3. The summed E-state index contributed by atoms with van der Waals surface area (Å²) in [6.45, 7) is 3.19. The zero-order valence-corrected chi connectivity index (χ0v) is 24.5. The summed E-state index contributed by atoms with van der Waals surface area (Å²) < 4.78 is 29.8. The predicted octanol–water partition coefficient (Wildman–Crippen LogP) is 7.05. The number of amides is 1. The van der Waals surface area contributed by atoms with Crippen molar-refractivity contribution in [1.29, 1.82) is 0 Å². The second-order valence-corrected chi connectivity index (χ2v) is 11.9. The minimum Gasteiger partial charge on any atom is -0.316 e. The highest BCUT2D eigenvalue weighted by atomic mass is 35.5. The lowest BCUT2D eigenvalue weighted by molar-refractivity contribution is -0.119. The number of hydrazone groups is 1. The summed E-state index contributed by atoms with van der Waals surface area (Å²) in [6, 6.07) is 19.5. The number of carbonyl (C=O) groups is 1. The van der Waals surface area contributed by atoms with Crippen LogP contribution < -0.4 is 9.73 Å². The van der Waals surface area contributed by atoms with E-state index in [9.17, 15) is 13.2 Å². The maximum Gasteiger partial charge on any atom is 0.264 e. The number of benzene rings is 3. The first-order valence-electron chi connectivity index (χ1n) is 11.5. The largest absolute Gasteiger partial charge is 0.316 e. The first kappa shape index (κ1) is 29.0. The topological polar surface area (TPSA) is 83.8 Å². The summed E-state index contributed by atoms with van der Waals surface area (Å²) >= 11 is 25.1. The van der Waals surface area contributed by atoms with Crippen LogP contribution in [0.15, 0.2) is 82.8 Å². The summed E-state index contributed by atoms with van der Waals surface area (Å²) in [4.78, 5) is 12.9. The molecule has 0 bridgehead atoms. The van der Waals surface area contributed by atoms with Crippen LogP contribution in [0, 0.1) is 13.8 Å². The Kier molecular flexibility index (Phi) is 8.93. The molecule has 7 nitrogen and oxygen atoms in total. The van der Waals surface area contributed by atoms with E-state index < -0.39 is 22.5 Å². The second-order valence-electron chi connectivity index (χ2n) is 8.43. The lowest BCUT2D eigenvalue weighted by Crippen LogP contribution is -2.39. The van der Waals surface area contributed by atoms with Crippen molar-refractivity contribution in [2.24, 2.45) is 5.10 Å². The molecule has 0 unspecified atom stereocenters. The monoisotopic (exact) mass is 622 g/mol. The maximum atomic E-state index is 13.5. The molecule has 202 valence electrons. The van der Waals surface area contributed by atoms with E-state index >= 15 is 0 Å². The van der Waals surface area contributed by atoms with E-state index in [1.54, 1.807) is 36.4 Å². The number of aryl methyl sites for hydroxylation is 1. The Balaban J connectivity index is 1.59. The van der Waals surface area contributed by atoms with E-state index in [1.807, 2.05) is 30.5 Å². The fourth-order valence-electron chi connectivity index (χ4n) is 4.00. The molecule has 0 fully saturated rings. The van der Waals surface area contributed by atoms with Gasteiger partial charge in [-0.15, -0.1) is 0 Å². The minimum atomic E-state index is -4.16. The van der Waals surface area contributed by atoms with E-state index in [2.05, 4.69) is 10.5 Å². The molecule has 0 atom stereocenters. The Bertz CT molecular complexity index is 1670. The van der Waals surface area contributed by atoms with Gasteiger partial charge in [-0.3, -0.25) is 9.10 Å². The van der Waals surface area contributed by atoms with E-state index in [4.69, 9.17) is 46.4 Å². The van der Waals surface area contributed by atoms with Gasteiger partial charge in [0.25, 0.3) is 15.9 Å². The van der Waals surface area contributed by atoms with Crippen LogP contribution in [-0.4, -0.2) is 31.7 Å². The molecule has 4 rings (SSSR count). The van der Waals surface area contributed by atoms with Gasteiger partial charge < -0.3 is 4.57 Å². The van der Waals surface area contributed by atoms with Crippen molar-refractivity contribution >= 4 is 74.2 Å². The van der Waals surface area contributed by atoms with Crippen molar-refractivity contribution in [3.63, 3.8) is 0 Å². The zero-order valence-electron chi connectivity index (χ0n) is 20.7. The van der Waals surface area contributed by atoms with Crippen LogP contribution >= 0.6 is 46.4 Å². The summed E-state index contributed by atoms with van der Waals surface area (Å²) in [7, 11) is -4.16. The maximum absolute atomic E-state index is 13.5. The molecule has 12 heteroatoms. The SMILES string of the molecule is Cc1cc(/C=N\NC(=O)CN(c2cccc(Cl)c2Cl)S(=O)(=O)c2ccccc2)c(C)n1-c1cccc(Cl)c1Cl. The van der Waals surface area contributed by atoms with Gasteiger partial charge >= 0.3 is 0 Å². The molecule has 0 saturated heterocycles. The number of carbonyl (C=O) groups excluding carboxylic acids is 1. The molecule has 0 aliphatic heterocycles. The van der Waals surface area contributed by atoms with Gasteiger partial charge in [0.05, 0.1) is 42.6 Å². The van der Waals surface area contributed by atoms with Gasteiger partial charge in [-0.2, -0.15) is 5.10 Å². The molecule has 0 saturated carbocycles. The van der Waals surface area contributed by atoms with Crippen molar-refractivity contribution in [3.05, 3.63) is 110 Å². The van der Waals surface area contributed by atoms with Gasteiger partial charge in [0.15, 0.2) is 0 Å². The first-order chi connectivity index (χ1) is 18.5. The number of nitrogens with one attached hydrogen (secondary N) is 1. The molecular formula is C27H22Cl4N4O3S. The summed E-state index contributed by atoms with van der Waals surface area (Å²) in [5.41, 5.74) is 5.58. The van der Waals surface area contributed by atoms with Gasteiger partial charge in [0, 0.05) is 17.0 Å². The third kappa shape index (κ3) is 6.10. The molecule has 3 aromatic carbocycles. The molecule has 1 amide bonds. The summed E-state index contributed by atoms with van der Waals surface area (Å²) in [5.74, 6) is -0.687. The molecule has 4 aromatic rings. The van der Waals surface area contributed by atoms with Crippen LogP contribution in [0.2, 0.25) is 20.1 Å². The van der Waals surface area contributed by atoms with Crippen molar-refractivity contribution in [2.45, 2.75) is 18.7 Å². The number of aromatic nitrogens is 1. The van der Waals surface area contributed by atoms with E-state index in [0.717, 1.165) is 21.3 Å². The van der Waals surface area contributed by atoms with Crippen LogP contribution in [0.5, 0.6) is 0 Å². The highest BCUT2D eigenvalue weighted by Gasteiger charge is 2.29. The Hall–Kier alpha value is -3.01. The van der Waals surface area contributed by atoms with Crippen molar-refractivity contribution in [2.75, 3.05) is 10.8 Å². The first-order valence-corrected chi connectivity index (χ1v) is 14.4. The van der Waals surface area contributed by atoms with Crippen molar-refractivity contribution in [3.8, 4) is 5.69 Å². The van der Waals surface area contributed by atoms with E-state index in [0.29, 0.717) is 15.7 Å². The normalized spacial score (nSPS) is 11.6. The summed E-state index contributed by atoms with van der Waals surface area (Å²) in [6.07, 6.45) is 1.47. The molecule has 0 spiro atoms. The molecule has 0 radical (unpaired) electrons. The number of rotatable bonds is 8. The van der Waals surface area contributed by atoms with Gasteiger partial charge in [-0.1, -0.05) is 76.7 Å². The smallest absolute Gasteiger partial charge is 0.264 e. The molecule has 0 aliphatic rings. The van der Waals surface area contributed by atoms with E-state index in [1.165, 1.54) is 30.5 Å². The molecular weight excluding hydrogens is 602 g/mol. The van der Waals surface area contributed by atoms with Gasteiger partial charge in [0.1, 0.15) is 6.54 Å². The van der Waals surface area contributed by atoms with E-state index in [-0.39, 0.29) is 20.6 Å². The summed E-state index contributed by atoms with van der Waals surface area (Å²) in [5, 5.41) is 5.05. The molecule has 39 heavy (non-hydrogen) atoms. The fraction of sp³-hybridized carbons (Fsp3) is 0.111. The Morgan fingerprint density at radius 1 is 0.923 bits per heavy atom. The Morgan fingerprint density at radius 2 is 1.56 bits per heavy atom. The molecule has 1 heterocycles.